The number of hydrogen-bond donors (Lipinski definition) is 0. The van der Waals surface area contributed by atoms with Crippen LogP contribution in [0.3, 0.4) is 0 Å². The number of halogens is 2. The Morgan fingerprint density at radius 1 is 1.18 bits per heavy atom. The zero-order chi connectivity index (χ0) is 12.7. The minimum Gasteiger partial charge on any atom is -0.299 e. The number of carbonyl (C=O) groups is 1. The lowest BCUT2D eigenvalue weighted by molar-refractivity contribution is -0.118. The van der Waals surface area contributed by atoms with Gasteiger partial charge in [0, 0.05) is 12.8 Å². The van der Waals surface area contributed by atoms with Crippen molar-refractivity contribution in [2.45, 2.75) is 45.4 Å². The summed E-state index contributed by atoms with van der Waals surface area (Å²) < 4.78 is 0. The fourth-order valence-corrected chi connectivity index (χ4v) is 2.12. The molecule has 0 atom stereocenters. The molecular weight excluding hydrogens is 255 g/mol. The lowest BCUT2D eigenvalue weighted by Crippen LogP contribution is -2.03. The number of unbranched alkanes of at least 4 members (excludes halogenated alkanes) is 3. The molecule has 1 nitrogen and oxygen atoms in total. The van der Waals surface area contributed by atoms with Crippen molar-refractivity contribution in [2.75, 3.05) is 0 Å². The number of ketones is 1. The predicted octanol–water partition coefficient (Wildman–Crippen LogP) is 5.08. The molecule has 0 aliphatic carbocycles. The third-order valence-electron chi connectivity index (χ3n) is 2.73. The quantitative estimate of drug-likeness (QED) is 0.633. The van der Waals surface area contributed by atoms with Crippen molar-refractivity contribution in [2.24, 2.45) is 0 Å². The fraction of sp³-hybridized carbons (Fsp3) is 0.500. The van der Waals surface area contributed by atoms with E-state index in [1.54, 1.807) is 6.07 Å². The van der Waals surface area contributed by atoms with Crippen molar-refractivity contribution in [3.63, 3.8) is 0 Å². The monoisotopic (exact) mass is 272 g/mol. The van der Waals surface area contributed by atoms with Crippen molar-refractivity contribution >= 4 is 29.0 Å². The summed E-state index contributed by atoms with van der Waals surface area (Å²) in [7, 11) is 0. The summed E-state index contributed by atoms with van der Waals surface area (Å²) in [6.07, 6.45) is 5.53. The molecule has 0 aliphatic rings. The third kappa shape index (κ3) is 5.10. The van der Waals surface area contributed by atoms with Crippen molar-refractivity contribution < 1.29 is 4.79 Å². The molecule has 1 aromatic rings. The van der Waals surface area contributed by atoms with Crippen LogP contribution in [0.5, 0.6) is 0 Å². The molecule has 0 spiro atoms. The molecule has 94 valence electrons. The van der Waals surface area contributed by atoms with E-state index in [0.717, 1.165) is 18.4 Å². The van der Waals surface area contributed by atoms with E-state index in [0.29, 0.717) is 22.9 Å². The molecule has 0 N–H and O–H groups in total. The van der Waals surface area contributed by atoms with Crippen molar-refractivity contribution in [1.29, 1.82) is 0 Å². The van der Waals surface area contributed by atoms with Crippen LogP contribution in [0.25, 0.3) is 0 Å². The van der Waals surface area contributed by atoms with E-state index in [-0.39, 0.29) is 5.78 Å². The van der Waals surface area contributed by atoms with Gasteiger partial charge in [0.25, 0.3) is 0 Å². The Hall–Kier alpha value is -0.530. The number of rotatable bonds is 7. The van der Waals surface area contributed by atoms with Crippen LogP contribution in [0.4, 0.5) is 0 Å². The molecule has 0 amide bonds. The standard InChI is InChI=1S/C14H18Cl2O/c1-2-3-4-5-8-12(17)10-11-7-6-9-13(15)14(11)16/h6-7,9H,2-5,8,10H2,1H3. The summed E-state index contributed by atoms with van der Waals surface area (Å²) in [5.41, 5.74) is 0.833. The van der Waals surface area contributed by atoms with Gasteiger partial charge >= 0.3 is 0 Å². The SMILES string of the molecule is CCCCCCC(=O)Cc1cccc(Cl)c1Cl. The van der Waals surface area contributed by atoms with Gasteiger partial charge in [0.1, 0.15) is 5.78 Å². The molecule has 0 bridgehead atoms. The van der Waals surface area contributed by atoms with Crippen LogP contribution in [-0.4, -0.2) is 5.78 Å². The summed E-state index contributed by atoms with van der Waals surface area (Å²) in [4.78, 5) is 11.7. The van der Waals surface area contributed by atoms with Gasteiger partial charge in [0.15, 0.2) is 0 Å². The smallest absolute Gasteiger partial charge is 0.137 e. The lowest BCUT2D eigenvalue weighted by Gasteiger charge is -2.05. The van der Waals surface area contributed by atoms with Crippen molar-refractivity contribution in [1.82, 2.24) is 0 Å². The normalized spacial score (nSPS) is 10.5. The van der Waals surface area contributed by atoms with E-state index in [1.165, 1.54) is 12.8 Å². The van der Waals surface area contributed by atoms with Crippen LogP contribution in [-0.2, 0) is 11.2 Å². The van der Waals surface area contributed by atoms with Gasteiger partial charge < -0.3 is 0 Å². The van der Waals surface area contributed by atoms with Gasteiger partial charge in [-0.15, -0.1) is 0 Å². The van der Waals surface area contributed by atoms with Gasteiger partial charge in [-0.2, -0.15) is 0 Å². The largest absolute Gasteiger partial charge is 0.299 e. The van der Waals surface area contributed by atoms with Gasteiger partial charge in [-0.1, -0.05) is 61.5 Å². The van der Waals surface area contributed by atoms with Crippen LogP contribution < -0.4 is 0 Å². The molecule has 0 heterocycles. The second-order valence-electron chi connectivity index (χ2n) is 4.24. The maximum Gasteiger partial charge on any atom is 0.137 e. The summed E-state index contributed by atoms with van der Waals surface area (Å²) in [6, 6.07) is 5.42. The number of Topliss-reactive ketones (excluding diaryl/α,β-unsaturated/α-hetero) is 1. The van der Waals surface area contributed by atoms with Crippen LogP contribution in [0.15, 0.2) is 18.2 Å². The van der Waals surface area contributed by atoms with E-state index in [2.05, 4.69) is 6.92 Å². The molecule has 17 heavy (non-hydrogen) atoms. The Kier molecular flexibility index (Phi) is 6.61. The predicted molar refractivity (Wildman–Crippen MR) is 73.9 cm³/mol. The Labute approximate surface area is 113 Å². The highest BCUT2D eigenvalue weighted by Gasteiger charge is 2.09. The zero-order valence-electron chi connectivity index (χ0n) is 10.1. The molecule has 0 saturated heterocycles. The topological polar surface area (TPSA) is 17.1 Å². The lowest BCUT2D eigenvalue weighted by atomic mass is 10.0. The van der Waals surface area contributed by atoms with Crippen molar-refractivity contribution in [3.05, 3.63) is 33.8 Å². The van der Waals surface area contributed by atoms with E-state index in [4.69, 9.17) is 23.2 Å². The molecule has 1 rings (SSSR count). The maximum absolute atomic E-state index is 11.7. The third-order valence-corrected chi connectivity index (χ3v) is 3.59. The van der Waals surface area contributed by atoms with Gasteiger partial charge in [-0.3, -0.25) is 4.79 Å². The van der Waals surface area contributed by atoms with Crippen LogP contribution in [0.1, 0.15) is 44.6 Å². The first-order chi connectivity index (χ1) is 8.15. The van der Waals surface area contributed by atoms with E-state index >= 15 is 0 Å². The van der Waals surface area contributed by atoms with Crippen LogP contribution in [0, 0.1) is 0 Å². The Bertz CT molecular complexity index is 374. The second-order valence-corrected chi connectivity index (χ2v) is 5.02. The highest BCUT2D eigenvalue weighted by Crippen LogP contribution is 2.26. The van der Waals surface area contributed by atoms with Gasteiger partial charge in [0.2, 0.25) is 0 Å². The number of carbonyl (C=O) groups excluding carboxylic acids is 1. The maximum atomic E-state index is 11.7. The molecule has 0 saturated carbocycles. The fourth-order valence-electron chi connectivity index (χ4n) is 1.73. The van der Waals surface area contributed by atoms with E-state index < -0.39 is 0 Å². The van der Waals surface area contributed by atoms with Crippen LogP contribution >= 0.6 is 23.2 Å². The molecule has 0 unspecified atom stereocenters. The summed E-state index contributed by atoms with van der Waals surface area (Å²) in [6.45, 7) is 2.16. The molecule has 0 aliphatic heterocycles. The first-order valence-corrected chi connectivity index (χ1v) is 6.85. The van der Waals surface area contributed by atoms with Gasteiger partial charge in [0.05, 0.1) is 10.0 Å². The van der Waals surface area contributed by atoms with E-state index in [1.807, 2.05) is 12.1 Å². The second kappa shape index (κ2) is 7.73. The average molecular weight is 273 g/mol. The Morgan fingerprint density at radius 3 is 2.65 bits per heavy atom. The molecule has 1 aromatic carbocycles. The Balaban J connectivity index is 2.43. The molecule has 0 fully saturated rings. The van der Waals surface area contributed by atoms with E-state index in [9.17, 15) is 4.79 Å². The minimum absolute atomic E-state index is 0.241. The highest BCUT2D eigenvalue weighted by atomic mass is 35.5. The molecule has 3 heteroatoms. The summed E-state index contributed by atoms with van der Waals surface area (Å²) in [5, 5.41) is 1.03. The number of benzene rings is 1. The van der Waals surface area contributed by atoms with Crippen LogP contribution in [0.2, 0.25) is 10.0 Å². The molecular formula is C14H18Cl2O. The zero-order valence-corrected chi connectivity index (χ0v) is 11.7. The first-order valence-electron chi connectivity index (χ1n) is 6.09. The summed E-state index contributed by atoms with van der Waals surface area (Å²) >= 11 is 11.9. The molecule has 0 aromatic heterocycles. The minimum atomic E-state index is 0.241. The summed E-state index contributed by atoms with van der Waals surface area (Å²) in [5.74, 6) is 0.241. The number of hydrogen-bond acceptors (Lipinski definition) is 1. The molecule has 0 radical (unpaired) electrons. The highest BCUT2D eigenvalue weighted by molar-refractivity contribution is 6.42. The Morgan fingerprint density at radius 2 is 1.94 bits per heavy atom. The van der Waals surface area contributed by atoms with Gasteiger partial charge in [-0.25, -0.2) is 0 Å². The average Bonchev–Trinajstić information content (AvgIpc) is 2.31. The van der Waals surface area contributed by atoms with Gasteiger partial charge in [-0.05, 0) is 18.1 Å². The van der Waals surface area contributed by atoms with Crippen molar-refractivity contribution in [3.8, 4) is 0 Å². The first kappa shape index (κ1) is 14.5.